The van der Waals surface area contributed by atoms with Crippen LogP contribution in [0.5, 0.6) is 0 Å². The average molecular weight is 295 g/mol. The van der Waals surface area contributed by atoms with E-state index in [1.165, 1.54) is 29.7 Å². The maximum absolute atomic E-state index is 11.9. The first-order valence-corrected chi connectivity index (χ1v) is 8.21. The Bertz CT molecular complexity index is 492. The highest BCUT2D eigenvalue weighted by molar-refractivity contribution is 7.18. The zero-order chi connectivity index (χ0) is 14.9. The van der Waals surface area contributed by atoms with Gasteiger partial charge in [0, 0.05) is 18.7 Å². The summed E-state index contributed by atoms with van der Waals surface area (Å²) < 4.78 is 0. The molecule has 112 valence electrons. The van der Waals surface area contributed by atoms with E-state index in [2.05, 4.69) is 31.4 Å². The van der Waals surface area contributed by atoms with Crippen LogP contribution in [0.25, 0.3) is 0 Å². The van der Waals surface area contributed by atoms with Crippen LogP contribution in [0.3, 0.4) is 0 Å². The summed E-state index contributed by atoms with van der Waals surface area (Å²) in [6, 6.07) is 0.420. The van der Waals surface area contributed by atoms with Crippen LogP contribution in [0, 0.1) is 5.92 Å². The molecule has 1 fully saturated rings. The van der Waals surface area contributed by atoms with Gasteiger partial charge in [-0.05, 0) is 31.1 Å². The molecule has 1 heterocycles. The van der Waals surface area contributed by atoms with Crippen molar-refractivity contribution in [2.45, 2.75) is 52.0 Å². The summed E-state index contributed by atoms with van der Waals surface area (Å²) in [5.41, 5.74) is 8.08. The molecule has 0 bridgehead atoms. The molecule has 1 saturated carbocycles. The molecule has 0 aromatic carbocycles. The maximum Gasteiger partial charge on any atom is 0.263 e. The van der Waals surface area contributed by atoms with E-state index in [4.69, 9.17) is 5.73 Å². The number of carbonyl (C=O) groups excluding carboxylic acids is 1. The SMILES string of the molecule is CCC(Nc1sc(C(=O)NC)c(N)c1C1CC1)C(C)C. The third kappa shape index (κ3) is 2.92. The Hall–Kier alpha value is -1.23. The smallest absolute Gasteiger partial charge is 0.263 e. The fraction of sp³-hybridized carbons (Fsp3) is 0.667. The van der Waals surface area contributed by atoms with E-state index in [1.807, 2.05) is 0 Å². The van der Waals surface area contributed by atoms with Crippen molar-refractivity contribution in [1.29, 1.82) is 0 Å². The Morgan fingerprint density at radius 1 is 1.45 bits per heavy atom. The quantitative estimate of drug-likeness (QED) is 0.753. The van der Waals surface area contributed by atoms with Gasteiger partial charge in [-0.25, -0.2) is 0 Å². The molecule has 1 aromatic heterocycles. The van der Waals surface area contributed by atoms with Crippen LogP contribution in [0.4, 0.5) is 10.7 Å². The number of hydrogen-bond acceptors (Lipinski definition) is 4. The molecule has 0 saturated heterocycles. The molecular weight excluding hydrogens is 270 g/mol. The monoisotopic (exact) mass is 295 g/mol. The Morgan fingerprint density at radius 2 is 2.10 bits per heavy atom. The van der Waals surface area contributed by atoms with Crippen LogP contribution in [0.2, 0.25) is 0 Å². The van der Waals surface area contributed by atoms with E-state index in [9.17, 15) is 4.79 Å². The van der Waals surface area contributed by atoms with Crippen molar-refractivity contribution in [3.8, 4) is 0 Å². The number of thiophene rings is 1. The summed E-state index contributed by atoms with van der Waals surface area (Å²) in [6.45, 7) is 6.62. The van der Waals surface area contributed by atoms with Crippen LogP contribution in [0.1, 0.15) is 61.2 Å². The van der Waals surface area contributed by atoms with E-state index in [0.717, 1.165) is 11.4 Å². The van der Waals surface area contributed by atoms with Crippen molar-refractivity contribution in [3.63, 3.8) is 0 Å². The third-order valence-corrected chi connectivity index (χ3v) is 5.11. The average Bonchev–Trinajstić information content (AvgIpc) is 3.19. The lowest BCUT2D eigenvalue weighted by Crippen LogP contribution is -2.24. The Labute approximate surface area is 125 Å². The van der Waals surface area contributed by atoms with Crippen molar-refractivity contribution in [2.24, 2.45) is 5.92 Å². The topological polar surface area (TPSA) is 67.2 Å². The van der Waals surface area contributed by atoms with Crippen LogP contribution in [-0.2, 0) is 0 Å². The number of rotatable bonds is 6. The minimum Gasteiger partial charge on any atom is -0.397 e. The molecule has 1 amide bonds. The van der Waals surface area contributed by atoms with E-state index < -0.39 is 0 Å². The fourth-order valence-electron chi connectivity index (χ4n) is 2.53. The number of nitrogens with two attached hydrogens (primary N) is 1. The second kappa shape index (κ2) is 6.04. The Kier molecular flexibility index (Phi) is 4.58. The highest BCUT2D eigenvalue weighted by atomic mass is 32.1. The molecule has 20 heavy (non-hydrogen) atoms. The van der Waals surface area contributed by atoms with Crippen molar-refractivity contribution in [1.82, 2.24) is 5.32 Å². The van der Waals surface area contributed by atoms with Crippen LogP contribution in [-0.4, -0.2) is 19.0 Å². The van der Waals surface area contributed by atoms with Gasteiger partial charge in [0.2, 0.25) is 0 Å². The molecule has 0 aliphatic heterocycles. The maximum atomic E-state index is 11.9. The minimum atomic E-state index is -0.0833. The molecule has 2 rings (SSSR count). The first-order valence-electron chi connectivity index (χ1n) is 7.40. The van der Waals surface area contributed by atoms with Gasteiger partial charge in [-0.15, -0.1) is 11.3 Å². The van der Waals surface area contributed by atoms with Crippen molar-refractivity contribution in [2.75, 3.05) is 18.1 Å². The van der Waals surface area contributed by atoms with Gasteiger partial charge in [-0.1, -0.05) is 20.8 Å². The molecule has 1 atom stereocenters. The number of hydrogen-bond donors (Lipinski definition) is 3. The summed E-state index contributed by atoms with van der Waals surface area (Å²) >= 11 is 1.50. The number of amides is 1. The van der Waals surface area contributed by atoms with Gasteiger partial charge in [-0.3, -0.25) is 4.79 Å². The molecule has 1 aromatic rings. The second-order valence-electron chi connectivity index (χ2n) is 5.84. The Morgan fingerprint density at radius 3 is 2.55 bits per heavy atom. The van der Waals surface area contributed by atoms with Gasteiger partial charge >= 0.3 is 0 Å². The van der Waals surface area contributed by atoms with E-state index >= 15 is 0 Å². The first kappa shape index (κ1) is 15.2. The fourth-order valence-corrected chi connectivity index (χ4v) is 3.75. The van der Waals surface area contributed by atoms with Gasteiger partial charge in [0.1, 0.15) is 4.88 Å². The van der Waals surface area contributed by atoms with Gasteiger partial charge < -0.3 is 16.4 Å². The van der Waals surface area contributed by atoms with Crippen LogP contribution >= 0.6 is 11.3 Å². The normalized spacial score (nSPS) is 16.2. The molecule has 1 aliphatic rings. The molecule has 0 spiro atoms. The van der Waals surface area contributed by atoms with Gasteiger partial charge in [0.15, 0.2) is 0 Å². The minimum absolute atomic E-state index is 0.0833. The van der Waals surface area contributed by atoms with E-state index in [-0.39, 0.29) is 5.91 Å². The molecule has 4 nitrogen and oxygen atoms in total. The van der Waals surface area contributed by atoms with Crippen LogP contribution in [0.15, 0.2) is 0 Å². The lowest BCUT2D eigenvalue weighted by Gasteiger charge is -2.22. The summed E-state index contributed by atoms with van der Waals surface area (Å²) in [5, 5.41) is 7.39. The number of nitrogens with one attached hydrogen (secondary N) is 2. The summed E-state index contributed by atoms with van der Waals surface area (Å²) in [5.74, 6) is 1.01. The van der Waals surface area contributed by atoms with Crippen molar-refractivity contribution >= 4 is 27.9 Å². The summed E-state index contributed by atoms with van der Waals surface area (Å²) in [6.07, 6.45) is 3.43. The second-order valence-corrected chi connectivity index (χ2v) is 6.86. The lowest BCUT2D eigenvalue weighted by molar-refractivity contribution is 0.0968. The highest BCUT2D eigenvalue weighted by Gasteiger charge is 2.33. The summed E-state index contributed by atoms with van der Waals surface area (Å²) in [7, 11) is 1.65. The standard InChI is InChI=1S/C15H25N3OS/c1-5-10(8(2)3)18-15-11(9-6-7-9)12(16)13(20-15)14(19)17-4/h8-10,18H,5-7,16H2,1-4H3,(H,17,19). The largest absolute Gasteiger partial charge is 0.397 e. The molecule has 0 radical (unpaired) electrons. The molecule has 1 aliphatic carbocycles. The van der Waals surface area contributed by atoms with Crippen molar-refractivity contribution < 1.29 is 4.79 Å². The van der Waals surface area contributed by atoms with Gasteiger partial charge in [-0.2, -0.15) is 0 Å². The van der Waals surface area contributed by atoms with E-state index in [1.54, 1.807) is 7.05 Å². The third-order valence-electron chi connectivity index (χ3n) is 3.96. The Balaban J connectivity index is 2.33. The predicted octanol–water partition coefficient (Wildman–Crippen LogP) is 3.41. The number of nitrogen functional groups attached to an aromatic ring is 1. The van der Waals surface area contributed by atoms with Gasteiger partial charge in [0.25, 0.3) is 5.91 Å². The van der Waals surface area contributed by atoms with Crippen molar-refractivity contribution in [3.05, 3.63) is 10.4 Å². The summed E-state index contributed by atoms with van der Waals surface area (Å²) in [4.78, 5) is 12.6. The van der Waals surface area contributed by atoms with Crippen LogP contribution < -0.4 is 16.4 Å². The molecule has 1 unspecified atom stereocenters. The molecular formula is C15H25N3OS. The number of anilines is 2. The first-order chi connectivity index (χ1) is 9.49. The van der Waals surface area contributed by atoms with E-state index in [0.29, 0.717) is 28.4 Å². The zero-order valence-electron chi connectivity index (χ0n) is 12.7. The highest BCUT2D eigenvalue weighted by Crippen LogP contribution is 2.51. The predicted molar refractivity (Wildman–Crippen MR) is 86.6 cm³/mol. The number of carbonyl (C=O) groups is 1. The lowest BCUT2D eigenvalue weighted by atomic mass is 10.0. The molecule has 5 heteroatoms. The zero-order valence-corrected chi connectivity index (χ0v) is 13.6. The molecule has 4 N–H and O–H groups in total. The van der Waals surface area contributed by atoms with Gasteiger partial charge in [0.05, 0.1) is 10.7 Å².